The van der Waals surface area contributed by atoms with Crippen LogP contribution in [0.2, 0.25) is 0 Å². The molecular weight excluding hydrogens is 504 g/mol. The molecule has 0 atom stereocenters. The van der Waals surface area contributed by atoms with Crippen molar-refractivity contribution in [3.05, 3.63) is 59.6 Å². The molecule has 0 spiro atoms. The molecule has 0 saturated heterocycles. The number of nitrogens with zero attached hydrogens (tertiary/aromatic N) is 1. The van der Waals surface area contributed by atoms with Crippen molar-refractivity contribution in [2.75, 3.05) is 19.0 Å². The van der Waals surface area contributed by atoms with E-state index < -0.39 is 0 Å². The van der Waals surface area contributed by atoms with Crippen LogP contribution in [0.3, 0.4) is 0 Å². The summed E-state index contributed by atoms with van der Waals surface area (Å²) in [6.45, 7) is 2.92. The minimum atomic E-state index is -0.0666. The highest BCUT2D eigenvalue weighted by molar-refractivity contribution is 7.12. The fraction of sp³-hybridized carbons (Fsp3) is 0.515. The number of hydrogen-bond donors (Lipinski definition) is 1. The maximum absolute atomic E-state index is 12.9. The molecule has 0 bridgehead atoms. The molecule has 39 heavy (non-hydrogen) atoms. The second-order valence-corrected chi connectivity index (χ2v) is 11.2. The number of hydrogen-bond acceptors (Lipinski definition) is 4. The standard InChI is InChI=1S/C33H46N2O3S/c1-4-5-6-7-8-9-10-11-12-13-14-15-22-38-31-26-30(37-3)20-19-27(31)25-32(36)34-29-18-16-17-28(24-29)33-35(2)21-23-39-33/h16-21,23-24,26H,4-15,22,25H2,1-3H3/p+1. The maximum atomic E-state index is 12.9. The molecule has 0 aliphatic heterocycles. The first-order chi connectivity index (χ1) is 19.1. The highest BCUT2D eigenvalue weighted by atomic mass is 32.1. The summed E-state index contributed by atoms with van der Waals surface area (Å²) in [6, 6.07) is 13.7. The van der Waals surface area contributed by atoms with Crippen molar-refractivity contribution in [3.63, 3.8) is 0 Å². The van der Waals surface area contributed by atoms with E-state index in [2.05, 4.69) is 28.3 Å². The number of carbonyl (C=O) groups is 1. The normalized spacial score (nSPS) is 10.9. The van der Waals surface area contributed by atoms with E-state index in [1.807, 2.05) is 49.6 Å². The van der Waals surface area contributed by atoms with E-state index in [1.54, 1.807) is 18.4 Å². The van der Waals surface area contributed by atoms with E-state index in [0.29, 0.717) is 6.61 Å². The highest BCUT2D eigenvalue weighted by Gasteiger charge is 2.14. The minimum absolute atomic E-state index is 0.0666. The van der Waals surface area contributed by atoms with Crippen molar-refractivity contribution in [1.29, 1.82) is 0 Å². The van der Waals surface area contributed by atoms with Crippen LogP contribution >= 0.6 is 11.3 Å². The van der Waals surface area contributed by atoms with Gasteiger partial charge in [0.2, 0.25) is 5.91 Å². The molecule has 6 heteroatoms. The first-order valence-electron chi connectivity index (χ1n) is 14.7. The molecule has 1 aromatic heterocycles. The van der Waals surface area contributed by atoms with Crippen LogP contribution in [0.25, 0.3) is 10.6 Å². The molecule has 0 unspecified atom stereocenters. The fourth-order valence-corrected chi connectivity index (χ4v) is 5.65. The van der Waals surface area contributed by atoms with Crippen LogP contribution in [0.1, 0.15) is 89.5 Å². The van der Waals surface area contributed by atoms with Crippen LogP contribution in [0.4, 0.5) is 5.69 Å². The summed E-state index contributed by atoms with van der Waals surface area (Å²) in [4.78, 5) is 12.9. The van der Waals surface area contributed by atoms with Crippen molar-refractivity contribution in [1.82, 2.24) is 0 Å². The number of aromatic nitrogens is 1. The van der Waals surface area contributed by atoms with Gasteiger partial charge in [0.1, 0.15) is 18.5 Å². The molecule has 0 radical (unpaired) electrons. The molecule has 1 N–H and O–H groups in total. The topological polar surface area (TPSA) is 51.4 Å². The molecule has 5 nitrogen and oxygen atoms in total. The van der Waals surface area contributed by atoms with Gasteiger partial charge in [-0.3, -0.25) is 4.79 Å². The molecule has 3 aromatic rings. The Balaban J connectivity index is 1.41. The van der Waals surface area contributed by atoms with Gasteiger partial charge < -0.3 is 14.8 Å². The van der Waals surface area contributed by atoms with Crippen molar-refractivity contribution in [2.45, 2.75) is 90.4 Å². The van der Waals surface area contributed by atoms with E-state index >= 15 is 0 Å². The van der Waals surface area contributed by atoms with Crippen LogP contribution < -0.4 is 19.4 Å². The number of amides is 1. The summed E-state index contributed by atoms with van der Waals surface area (Å²) >= 11 is 1.68. The summed E-state index contributed by atoms with van der Waals surface area (Å²) in [5, 5.41) is 6.26. The van der Waals surface area contributed by atoms with Crippen LogP contribution in [-0.4, -0.2) is 19.6 Å². The van der Waals surface area contributed by atoms with Crippen LogP contribution in [0.5, 0.6) is 11.5 Å². The molecule has 0 aliphatic carbocycles. The summed E-state index contributed by atoms with van der Waals surface area (Å²) in [5.41, 5.74) is 2.74. The van der Waals surface area contributed by atoms with Gasteiger partial charge in [0.25, 0.3) is 5.01 Å². The van der Waals surface area contributed by atoms with Gasteiger partial charge >= 0.3 is 0 Å². The lowest BCUT2D eigenvalue weighted by molar-refractivity contribution is -0.655. The summed E-state index contributed by atoms with van der Waals surface area (Å²) < 4.78 is 13.6. The number of rotatable bonds is 19. The molecule has 1 heterocycles. The van der Waals surface area contributed by atoms with Crippen molar-refractivity contribution >= 4 is 22.9 Å². The van der Waals surface area contributed by atoms with Gasteiger partial charge in [0, 0.05) is 17.3 Å². The molecule has 0 fully saturated rings. The Kier molecular flexibility index (Phi) is 13.9. The van der Waals surface area contributed by atoms with E-state index in [0.717, 1.165) is 39.7 Å². The summed E-state index contributed by atoms with van der Waals surface area (Å²) in [6.07, 6.45) is 18.1. The monoisotopic (exact) mass is 551 g/mol. The summed E-state index contributed by atoms with van der Waals surface area (Å²) in [5.74, 6) is 1.40. The number of carbonyl (C=O) groups excluding carboxylic acids is 1. The van der Waals surface area contributed by atoms with Gasteiger partial charge in [-0.05, 0) is 30.7 Å². The number of ether oxygens (including phenoxy) is 2. The molecule has 1 amide bonds. The number of thiazole rings is 1. The van der Waals surface area contributed by atoms with Crippen molar-refractivity contribution in [2.24, 2.45) is 7.05 Å². The zero-order chi connectivity index (χ0) is 27.7. The Morgan fingerprint density at radius 2 is 1.59 bits per heavy atom. The van der Waals surface area contributed by atoms with E-state index in [-0.39, 0.29) is 12.3 Å². The number of unbranched alkanes of at least 4 members (excludes halogenated alkanes) is 11. The maximum Gasteiger partial charge on any atom is 0.268 e. The highest BCUT2D eigenvalue weighted by Crippen LogP contribution is 2.27. The first kappa shape index (κ1) is 30.7. The Morgan fingerprint density at radius 3 is 2.23 bits per heavy atom. The van der Waals surface area contributed by atoms with Crippen LogP contribution in [-0.2, 0) is 18.3 Å². The minimum Gasteiger partial charge on any atom is -0.497 e. The number of methoxy groups -OCH3 is 1. The number of aryl methyl sites for hydroxylation is 1. The van der Waals surface area contributed by atoms with Gasteiger partial charge in [-0.25, -0.2) is 0 Å². The average molecular weight is 552 g/mol. The van der Waals surface area contributed by atoms with Crippen LogP contribution in [0, 0.1) is 0 Å². The lowest BCUT2D eigenvalue weighted by Crippen LogP contribution is -2.26. The Bertz CT molecular complexity index is 1130. The van der Waals surface area contributed by atoms with Gasteiger partial charge in [-0.1, -0.05) is 101 Å². The second-order valence-electron chi connectivity index (χ2n) is 10.3. The Hall–Kier alpha value is -2.86. The fourth-order valence-electron chi connectivity index (χ4n) is 4.78. The molecule has 3 rings (SSSR count). The van der Waals surface area contributed by atoms with E-state index in [4.69, 9.17) is 9.47 Å². The Morgan fingerprint density at radius 1 is 0.897 bits per heavy atom. The van der Waals surface area contributed by atoms with E-state index in [9.17, 15) is 4.79 Å². The molecule has 212 valence electrons. The zero-order valence-electron chi connectivity index (χ0n) is 24.2. The second kappa shape index (κ2) is 17.7. The zero-order valence-corrected chi connectivity index (χ0v) is 25.0. The van der Waals surface area contributed by atoms with Gasteiger partial charge in [0.05, 0.1) is 31.1 Å². The van der Waals surface area contributed by atoms with Gasteiger partial charge in [0.15, 0.2) is 6.20 Å². The number of anilines is 1. The summed E-state index contributed by atoms with van der Waals surface area (Å²) in [7, 11) is 3.68. The number of nitrogens with one attached hydrogen (secondary N) is 1. The lowest BCUT2D eigenvalue weighted by atomic mass is 10.1. The van der Waals surface area contributed by atoms with Crippen molar-refractivity contribution < 1.29 is 18.8 Å². The molecule has 0 saturated carbocycles. The van der Waals surface area contributed by atoms with Gasteiger partial charge in [-0.2, -0.15) is 4.57 Å². The SMILES string of the molecule is CCCCCCCCCCCCCCOc1cc(OC)ccc1CC(=O)Nc1cccc(-c2scc[n+]2C)c1. The van der Waals surface area contributed by atoms with E-state index in [1.165, 1.54) is 70.6 Å². The third-order valence-corrected chi connectivity index (χ3v) is 8.06. The largest absolute Gasteiger partial charge is 0.497 e. The predicted octanol–water partition coefficient (Wildman–Crippen LogP) is 8.51. The molecule has 0 aliphatic rings. The third kappa shape index (κ3) is 11.0. The quantitative estimate of drug-likeness (QED) is 0.120. The van der Waals surface area contributed by atoms with Crippen LogP contribution in [0.15, 0.2) is 54.0 Å². The number of benzene rings is 2. The van der Waals surface area contributed by atoms with Crippen molar-refractivity contribution in [3.8, 4) is 22.1 Å². The average Bonchev–Trinajstić information content (AvgIpc) is 3.38. The smallest absolute Gasteiger partial charge is 0.268 e. The Labute approximate surface area is 239 Å². The van der Waals surface area contributed by atoms with Gasteiger partial charge in [-0.15, -0.1) is 0 Å². The first-order valence-corrected chi connectivity index (χ1v) is 15.6. The lowest BCUT2D eigenvalue weighted by Gasteiger charge is -2.13. The molecule has 2 aromatic carbocycles. The predicted molar refractivity (Wildman–Crippen MR) is 163 cm³/mol. The molecular formula is C33H47N2O3S+. The third-order valence-electron chi connectivity index (χ3n) is 7.06.